The van der Waals surface area contributed by atoms with Gasteiger partial charge in [0.25, 0.3) is 5.91 Å². The van der Waals surface area contributed by atoms with Gasteiger partial charge in [0, 0.05) is 23.8 Å². The first kappa shape index (κ1) is 14.8. The molecule has 100 valence electrons. The zero-order chi connectivity index (χ0) is 13.9. The molecule has 1 heterocycles. The standard InChI is InChI=1S/C12H18BrN3O2/c1-7(2)14-11(17)8(3)15-12(18)10-5-9(13)6-16(10)4/h5-8H,1-4H3,(H,14,17)(H,15,18). The third-order valence-corrected chi connectivity index (χ3v) is 2.81. The van der Waals surface area contributed by atoms with Gasteiger partial charge < -0.3 is 15.2 Å². The first-order valence-electron chi connectivity index (χ1n) is 5.74. The van der Waals surface area contributed by atoms with Crippen LogP contribution in [-0.4, -0.2) is 28.5 Å². The minimum Gasteiger partial charge on any atom is -0.352 e. The normalized spacial score (nSPS) is 12.3. The summed E-state index contributed by atoms with van der Waals surface area (Å²) in [7, 11) is 1.78. The molecule has 0 aromatic carbocycles. The Hall–Kier alpha value is -1.30. The zero-order valence-corrected chi connectivity index (χ0v) is 12.5. The summed E-state index contributed by atoms with van der Waals surface area (Å²) in [5, 5.41) is 5.41. The van der Waals surface area contributed by atoms with Crippen LogP contribution in [0.3, 0.4) is 0 Å². The predicted molar refractivity (Wildman–Crippen MR) is 73.3 cm³/mol. The van der Waals surface area contributed by atoms with Crippen LogP contribution in [0.1, 0.15) is 31.3 Å². The summed E-state index contributed by atoms with van der Waals surface area (Å²) < 4.78 is 2.53. The molecule has 6 heteroatoms. The van der Waals surface area contributed by atoms with Crippen LogP contribution in [0.25, 0.3) is 0 Å². The Balaban J connectivity index is 2.65. The lowest BCUT2D eigenvalue weighted by Gasteiger charge is -2.16. The molecule has 0 aliphatic heterocycles. The maximum atomic E-state index is 11.9. The maximum Gasteiger partial charge on any atom is 0.268 e. The summed E-state index contributed by atoms with van der Waals surface area (Å²) in [6.45, 7) is 5.41. The highest BCUT2D eigenvalue weighted by atomic mass is 79.9. The van der Waals surface area contributed by atoms with Gasteiger partial charge in [-0.25, -0.2) is 0 Å². The van der Waals surface area contributed by atoms with Crippen molar-refractivity contribution >= 4 is 27.7 Å². The molecule has 0 spiro atoms. The number of rotatable bonds is 4. The summed E-state index contributed by atoms with van der Waals surface area (Å²) >= 11 is 3.30. The molecular formula is C12H18BrN3O2. The van der Waals surface area contributed by atoms with Gasteiger partial charge in [-0.05, 0) is 42.8 Å². The molecule has 0 aliphatic rings. The number of halogens is 1. The topological polar surface area (TPSA) is 63.1 Å². The van der Waals surface area contributed by atoms with E-state index in [1.165, 1.54) is 0 Å². The Morgan fingerprint density at radius 2 is 1.89 bits per heavy atom. The second-order valence-corrected chi connectivity index (χ2v) is 5.43. The largest absolute Gasteiger partial charge is 0.352 e. The summed E-state index contributed by atoms with van der Waals surface area (Å²) in [6.07, 6.45) is 1.79. The zero-order valence-electron chi connectivity index (χ0n) is 11.0. The molecule has 1 aromatic rings. The van der Waals surface area contributed by atoms with Crippen LogP contribution in [0.4, 0.5) is 0 Å². The molecule has 5 nitrogen and oxygen atoms in total. The Morgan fingerprint density at radius 1 is 1.28 bits per heavy atom. The van der Waals surface area contributed by atoms with Crippen molar-refractivity contribution < 1.29 is 9.59 Å². The van der Waals surface area contributed by atoms with Crippen molar-refractivity contribution in [3.8, 4) is 0 Å². The highest BCUT2D eigenvalue weighted by molar-refractivity contribution is 9.10. The molecule has 2 N–H and O–H groups in total. The van der Waals surface area contributed by atoms with Gasteiger partial charge >= 0.3 is 0 Å². The number of amides is 2. The molecule has 0 saturated heterocycles. The maximum absolute atomic E-state index is 11.9. The van der Waals surface area contributed by atoms with Gasteiger partial charge in [-0.1, -0.05) is 0 Å². The number of nitrogens with zero attached hydrogens (tertiary/aromatic N) is 1. The highest BCUT2D eigenvalue weighted by Gasteiger charge is 2.18. The molecule has 1 unspecified atom stereocenters. The van der Waals surface area contributed by atoms with Crippen LogP contribution in [-0.2, 0) is 11.8 Å². The van der Waals surface area contributed by atoms with Crippen molar-refractivity contribution in [1.29, 1.82) is 0 Å². The van der Waals surface area contributed by atoms with Crippen LogP contribution in [0, 0.1) is 0 Å². The Labute approximate surface area is 115 Å². The average Bonchev–Trinajstić information content (AvgIpc) is 2.56. The van der Waals surface area contributed by atoms with Gasteiger partial charge in [-0.3, -0.25) is 9.59 Å². The van der Waals surface area contributed by atoms with Crippen molar-refractivity contribution in [3.63, 3.8) is 0 Å². The van der Waals surface area contributed by atoms with E-state index in [4.69, 9.17) is 0 Å². The number of nitrogens with one attached hydrogen (secondary N) is 2. The number of carbonyl (C=O) groups excluding carboxylic acids is 2. The SMILES string of the molecule is CC(C)NC(=O)C(C)NC(=O)c1cc(Br)cn1C. The van der Waals surface area contributed by atoms with Crippen LogP contribution >= 0.6 is 15.9 Å². The fourth-order valence-electron chi connectivity index (χ4n) is 1.50. The van der Waals surface area contributed by atoms with Gasteiger partial charge in [0.1, 0.15) is 11.7 Å². The summed E-state index contributed by atoms with van der Waals surface area (Å²) in [5.74, 6) is -0.457. The van der Waals surface area contributed by atoms with Crippen LogP contribution in [0.15, 0.2) is 16.7 Å². The monoisotopic (exact) mass is 315 g/mol. The molecule has 1 aromatic heterocycles. The van der Waals surface area contributed by atoms with E-state index in [1.807, 2.05) is 13.8 Å². The van der Waals surface area contributed by atoms with Crippen molar-refractivity contribution in [2.24, 2.45) is 7.05 Å². The van der Waals surface area contributed by atoms with Crippen molar-refractivity contribution in [1.82, 2.24) is 15.2 Å². The van der Waals surface area contributed by atoms with Crippen molar-refractivity contribution in [2.75, 3.05) is 0 Å². The third-order valence-electron chi connectivity index (χ3n) is 2.38. The van der Waals surface area contributed by atoms with E-state index in [0.717, 1.165) is 4.47 Å². The quantitative estimate of drug-likeness (QED) is 0.883. The number of hydrogen-bond donors (Lipinski definition) is 2. The Kier molecular flexibility index (Phi) is 4.95. The first-order valence-corrected chi connectivity index (χ1v) is 6.53. The molecule has 1 rings (SSSR count). The summed E-state index contributed by atoms with van der Waals surface area (Å²) in [6, 6.07) is 1.21. The van der Waals surface area contributed by atoms with Crippen LogP contribution in [0.5, 0.6) is 0 Å². The lowest BCUT2D eigenvalue weighted by molar-refractivity contribution is -0.123. The first-order chi connectivity index (χ1) is 8.31. The number of aryl methyl sites for hydroxylation is 1. The molecule has 0 saturated carbocycles. The fraction of sp³-hybridized carbons (Fsp3) is 0.500. The van der Waals surface area contributed by atoms with E-state index in [9.17, 15) is 9.59 Å². The smallest absolute Gasteiger partial charge is 0.268 e. The summed E-state index contributed by atoms with van der Waals surface area (Å²) in [4.78, 5) is 23.6. The summed E-state index contributed by atoms with van der Waals surface area (Å²) in [5.41, 5.74) is 0.506. The number of hydrogen-bond acceptors (Lipinski definition) is 2. The second-order valence-electron chi connectivity index (χ2n) is 4.51. The minimum absolute atomic E-state index is 0.0565. The van der Waals surface area contributed by atoms with Gasteiger partial charge in [0.15, 0.2) is 0 Å². The van der Waals surface area contributed by atoms with E-state index < -0.39 is 6.04 Å². The second kappa shape index (κ2) is 6.04. The van der Waals surface area contributed by atoms with E-state index in [2.05, 4.69) is 26.6 Å². The van der Waals surface area contributed by atoms with E-state index in [-0.39, 0.29) is 17.9 Å². The molecule has 0 radical (unpaired) electrons. The molecule has 2 amide bonds. The van der Waals surface area contributed by atoms with Crippen molar-refractivity contribution in [3.05, 3.63) is 22.4 Å². The fourth-order valence-corrected chi connectivity index (χ4v) is 2.02. The lowest BCUT2D eigenvalue weighted by Crippen LogP contribution is -2.47. The third kappa shape index (κ3) is 3.87. The van der Waals surface area contributed by atoms with Gasteiger partial charge in [0.2, 0.25) is 5.91 Å². The molecule has 1 atom stereocenters. The minimum atomic E-state index is -0.562. The Bertz CT molecular complexity index is 454. The average molecular weight is 316 g/mol. The van der Waals surface area contributed by atoms with Crippen LogP contribution < -0.4 is 10.6 Å². The van der Waals surface area contributed by atoms with Crippen molar-refractivity contribution in [2.45, 2.75) is 32.9 Å². The Morgan fingerprint density at radius 3 is 2.33 bits per heavy atom. The molecule has 0 bridgehead atoms. The van der Waals surface area contributed by atoms with Crippen LogP contribution in [0.2, 0.25) is 0 Å². The number of carbonyl (C=O) groups is 2. The van der Waals surface area contributed by atoms with Gasteiger partial charge in [-0.2, -0.15) is 0 Å². The van der Waals surface area contributed by atoms with E-state index in [0.29, 0.717) is 5.69 Å². The molecular weight excluding hydrogens is 298 g/mol. The lowest BCUT2D eigenvalue weighted by atomic mass is 10.2. The van der Waals surface area contributed by atoms with E-state index >= 15 is 0 Å². The highest BCUT2D eigenvalue weighted by Crippen LogP contribution is 2.13. The van der Waals surface area contributed by atoms with Gasteiger partial charge in [0.05, 0.1) is 0 Å². The molecule has 0 aliphatic carbocycles. The van der Waals surface area contributed by atoms with Gasteiger partial charge in [-0.15, -0.1) is 0 Å². The molecule has 0 fully saturated rings. The molecule has 18 heavy (non-hydrogen) atoms. The van der Waals surface area contributed by atoms with E-state index in [1.54, 1.807) is 30.8 Å². The predicted octanol–water partition coefficient (Wildman–Crippen LogP) is 1.43. The number of aromatic nitrogens is 1.